The highest BCUT2D eigenvalue weighted by Gasteiger charge is 2.16. The summed E-state index contributed by atoms with van der Waals surface area (Å²) in [4.78, 5) is 12.5. The van der Waals surface area contributed by atoms with E-state index >= 15 is 0 Å². The van der Waals surface area contributed by atoms with E-state index in [1.807, 2.05) is 60.1 Å². The summed E-state index contributed by atoms with van der Waals surface area (Å²) in [5.74, 6) is 1.15. The van der Waals surface area contributed by atoms with Crippen molar-refractivity contribution in [2.24, 2.45) is 7.05 Å². The molecule has 0 radical (unpaired) electrons. The van der Waals surface area contributed by atoms with E-state index in [4.69, 9.17) is 11.6 Å². The average molecular weight is 400 g/mol. The summed E-state index contributed by atoms with van der Waals surface area (Å²) >= 11 is 7.33. The summed E-state index contributed by atoms with van der Waals surface area (Å²) in [5.41, 5.74) is 2.95. The summed E-state index contributed by atoms with van der Waals surface area (Å²) in [6.07, 6.45) is 0. The van der Waals surface area contributed by atoms with Crippen molar-refractivity contribution in [3.63, 3.8) is 0 Å². The van der Waals surface area contributed by atoms with Gasteiger partial charge in [0, 0.05) is 23.2 Å². The van der Waals surface area contributed by atoms with E-state index in [1.165, 1.54) is 17.3 Å². The molecule has 0 aliphatic rings. The third kappa shape index (κ3) is 4.60. The van der Waals surface area contributed by atoms with Crippen LogP contribution in [0.25, 0.3) is 11.4 Å². The molecular formula is C21H22ClN3OS. The van der Waals surface area contributed by atoms with Crippen molar-refractivity contribution in [1.29, 1.82) is 0 Å². The van der Waals surface area contributed by atoms with Crippen LogP contribution in [0, 0.1) is 0 Å². The monoisotopic (exact) mass is 399 g/mol. The Bertz CT molecular complexity index is 941. The van der Waals surface area contributed by atoms with Crippen molar-refractivity contribution < 1.29 is 4.79 Å². The van der Waals surface area contributed by atoms with Gasteiger partial charge >= 0.3 is 0 Å². The van der Waals surface area contributed by atoms with Gasteiger partial charge in [-0.05, 0) is 35.2 Å². The number of hydrogen-bond acceptors (Lipinski definition) is 4. The summed E-state index contributed by atoms with van der Waals surface area (Å²) in [6, 6.07) is 15.3. The summed E-state index contributed by atoms with van der Waals surface area (Å²) in [5, 5.41) is 9.85. The first-order valence-electron chi connectivity index (χ1n) is 8.67. The SMILES string of the molecule is Cn1c(SCC(=O)c2ccc(C(C)(C)C)cc2)nnc1-c1ccc(Cl)cc1. The highest BCUT2D eigenvalue weighted by molar-refractivity contribution is 7.99. The topological polar surface area (TPSA) is 47.8 Å². The molecule has 0 amide bonds. The average Bonchev–Trinajstić information content (AvgIpc) is 3.00. The number of nitrogens with zero attached hydrogens (tertiary/aromatic N) is 3. The molecule has 140 valence electrons. The Morgan fingerprint density at radius 3 is 2.26 bits per heavy atom. The largest absolute Gasteiger partial charge is 0.305 e. The molecule has 0 fully saturated rings. The summed E-state index contributed by atoms with van der Waals surface area (Å²) < 4.78 is 1.89. The van der Waals surface area contributed by atoms with Crippen LogP contribution in [0.4, 0.5) is 0 Å². The number of halogens is 1. The lowest BCUT2D eigenvalue weighted by molar-refractivity contribution is 0.102. The van der Waals surface area contributed by atoms with E-state index in [-0.39, 0.29) is 11.2 Å². The molecule has 0 bridgehead atoms. The van der Waals surface area contributed by atoms with Gasteiger partial charge in [-0.25, -0.2) is 0 Å². The number of aromatic nitrogens is 3. The molecule has 27 heavy (non-hydrogen) atoms. The molecule has 3 aromatic rings. The van der Waals surface area contributed by atoms with Gasteiger partial charge in [0.15, 0.2) is 16.8 Å². The van der Waals surface area contributed by atoms with Crippen LogP contribution < -0.4 is 0 Å². The molecule has 4 nitrogen and oxygen atoms in total. The van der Waals surface area contributed by atoms with Gasteiger partial charge in [0.2, 0.25) is 0 Å². The maximum atomic E-state index is 12.5. The van der Waals surface area contributed by atoms with E-state index in [0.29, 0.717) is 15.9 Å². The van der Waals surface area contributed by atoms with E-state index in [0.717, 1.165) is 17.0 Å². The second-order valence-electron chi connectivity index (χ2n) is 7.41. The summed E-state index contributed by atoms with van der Waals surface area (Å²) in [7, 11) is 1.90. The number of thioether (sulfide) groups is 1. The standard InChI is InChI=1S/C21H22ClN3OS/c1-21(2,3)16-9-5-14(6-10-16)18(26)13-27-20-24-23-19(25(20)4)15-7-11-17(22)12-8-15/h5-12H,13H2,1-4H3. The third-order valence-electron chi connectivity index (χ3n) is 4.34. The number of carbonyl (C=O) groups is 1. The Hall–Kier alpha value is -2.11. The van der Waals surface area contributed by atoms with Gasteiger partial charge < -0.3 is 4.57 Å². The minimum Gasteiger partial charge on any atom is -0.305 e. The molecule has 0 aliphatic heterocycles. The third-order valence-corrected chi connectivity index (χ3v) is 5.61. The number of rotatable bonds is 5. The van der Waals surface area contributed by atoms with Crippen molar-refractivity contribution >= 4 is 29.1 Å². The minimum absolute atomic E-state index is 0.0764. The Morgan fingerprint density at radius 1 is 1.04 bits per heavy atom. The molecule has 0 N–H and O–H groups in total. The van der Waals surface area contributed by atoms with Crippen LogP contribution in [-0.4, -0.2) is 26.3 Å². The lowest BCUT2D eigenvalue weighted by Crippen LogP contribution is -2.11. The molecule has 1 heterocycles. The highest BCUT2D eigenvalue weighted by atomic mass is 35.5. The van der Waals surface area contributed by atoms with Crippen LogP contribution in [0.5, 0.6) is 0 Å². The van der Waals surface area contributed by atoms with Gasteiger partial charge in [0.25, 0.3) is 0 Å². The molecule has 0 saturated heterocycles. The van der Waals surface area contributed by atoms with Crippen LogP contribution in [-0.2, 0) is 12.5 Å². The fraction of sp³-hybridized carbons (Fsp3) is 0.286. The predicted molar refractivity (Wildman–Crippen MR) is 112 cm³/mol. The van der Waals surface area contributed by atoms with Crippen molar-refractivity contribution in [2.75, 3.05) is 5.75 Å². The lowest BCUT2D eigenvalue weighted by atomic mass is 9.86. The Balaban J connectivity index is 1.68. The molecule has 1 aromatic heterocycles. The zero-order valence-corrected chi connectivity index (χ0v) is 17.4. The number of carbonyl (C=O) groups excluding carboxylic acids is 1. The van der Waals surface area contributed by atoms with Gasteiger partial charge in [-0.2, -0.15) is 0 Å². The maximum Gasteiger partial charge on any atom is 0.191 e. The first-order chi connectivity index (χ1) is 12.8. The van der Waals surface area contributed by atoms with Crippen molar-refractivity contribution in [2.45, 2.75) is 31.3 Å². The van der Waals surface area contributed by atoms with E-state index in [9.17, 15) is 4.79 Å². The number of ketones is 1. The van der Waals surface area contributed by atoms with Gasteiger partial charge in [-0.1, -0.05) is 68.4 Å². The van der Waals surface area contributed by atoms with Crippen LogP contribution >= 0.6 is 23.4 Å². The van der Waals surface area contributed by atoms with Crippen LogP contribution in [0.2, 0.25) is 5.02 Å². The normalized spacial score (nSPS) is 11.6. The first-order valence-corrected chi connectivity index (χ1v) is 10.0. The second-order valence-corrected chi connectivity index (χ2v) is 8.79. The molecule has 0 atom stereocenters. The van der Waals surface area contributed by atoms with Crippen molar-refractivity contribution in [1.82, 2.24) is 14.8 Å². The van der Waals surface area contributed by atoms with Crippen LogP contribution in [0.15, 0.2) is 53.7 Å². The fourth-order valence-corrected chi connectivity index (χ4v) is 3.59. The predicted octanol–water partition coefficient (Wildman–Crippen LogP) is 5.41. The second kappa shape index (κ2) is 7.87. The molecular weight excluding hydrogens is 378 g/mol. The van der Waals surface area contributed by atoms with Crippen molar-refractivity contribution in [3.05, 3.63) is 64.7 Å². The highest BCUT2D eigenvalue weighted by Crippen LogP contribution is 2.25. The van der Waals surface area contributed by atoms with Crippen LogP contribution in [0.1, 0.15) is 36.7 Å². The maximum absolute atomic E-state index is 12.5. The van der Waals surface area contributed by atoms with E-state index in [1.54, 1.807) is 0 Å². The van der Waals surface area contributed by atoms with Crippen molar-refractivity contribution in [3.8, 4) is 11.4 Å². The smallest absolute Gasteiger partial charge is 0.191 e. The minimum atomic E-state index is 0.0764. The molecule has 0 aliphatic carbocycles. The summed E-state index contributed by atoms with van der Waals surface area (Å²) in [6.45, 7) is 6.48. The van der Waals surface area contributed by atoms with Gasteiger partial charge in [-0.15, -0.1) is 10.2 Å². The lowest BCUT2D eigenvalue weighted by Gasteiger charge is -2.18. The fourth-order valence-electron chi connectivity index (χ4n) is 2.66. The van der Waals surface area contributed by atoms with Gasteiger partial charge in [0.05, 0.1) is 5.75 Å². The zero-order valence-electron chi connectivity index (χ0n) is 15.9. The molecule has 3 rings (SSSR count). The molecule has 0 unspecified atom stereocenters. The number of benzene rings is 2. The van der Waals surface area contributed by atoms with Crippen LogP contribution in [0.3, 0.4) is 0 Å². The number of hydrogen-bond donors (Lipinski definition) is 0. The molecule has 6 heteroatoms. The van der Waals surface area contributed by atoms with E-state index in [2.05, 4.69) is 31.0 Å². The Kier molecular flexibility index (Phi) is 5.72. The number of Topliss-reactive ketones (excluding diaryl/α,β-unsaturated/α-hetero) is 1. The molecule has 0 saturated carbocycles. The Labute approximate surface area is 169 Å². The van der Waals surface area contributed by atoms with Gasteiger partial charge in [-0.3, -0.25) is 4.79 Å². The quantitative estimate of drug-likeness (QED) is 0.425. The zero-order chi connectivity index (χ0) is 19.6. The molecule has 0 spiro atoms. The first kappa shape index (κ1) is 19.6. The molecule has 2 aromatic carbocycles. The van der Waals surface area contributed by atoms with E-state index < -0.39 is 0 Å². The van der Waals surface area contributed by atoms with Gasteiger partial charge in [0.1, 0.15) is 0 Å². The Morgan fingerprint density at radius 2 is 1.67 bits per heavy atom.